The van der Waals surface area contributed by atoms with Crippen LogP contribution in [0.2, 0.25) is 0 Å². The second-order valence-electron chi connectivity index (χ2n) is 8.46. The first-order valence-corrected chi connectivity index (χ1v) is 10.9. The average Bonchev–Trinajstić information content (AvgIpc) is 3.02. The Morgan fingerprint density at radius 3 is 2.41 bits per heavy atom. The molecule has 1 aliphatic heterocycles. The van der Waals surface area contributed by atoms with Crippen LogP contribution in [0.4, 0.5) is 4.39 Å². The number of aryl methyl sites for hydroxylation is 1. The van der Waals surface area contributed by atoms with Crippen LogP contribution in [-0.4, -0.2) is 35.4 Å². The van der Waals surface area contributed by atoms with Gasteiger partial charge in [0.05, 0.1) is 18.7 Å². The van der Waals surface area contributed by atoms with Crippen molar-refractivity contribution in [3.05, 3.63) is 70.0 Å². The highest BCUT2D eigenvalue weighted by Gasteiger charge is 2.45. The van der Waals surface area contributed by atoms with Crippen LogP contribution >= 0.6 is 0 Å². The van der Waals surface area contributed by atoms with E-state index in [1.165, 1.54) is 17.0 Å². The maximum atomic E-state index is 13.6. The number of rotatable bonds is 7. The topological polar surface area (TPSA) is 66.8 Å². The van der Waals surface area contributed by atoms with Gasteiger partial charge >= 0.3 is 0 Å². The predicted molar refractivity (Wildman–Crippen MR) is 122 cm³/mol. The molecular weight excluding hydrogens is 409 g/mol. The molecule has 0 spiro atoms. The first-order chi connectivity index (χ1) is 15.2. The molecule has 2 aromatic carbocycles. The molecule has 1 saturated heterocycles. The summed E-state index contributed by atoms with van der Waals surface area (Å²) in [6.45, 7) is 8.22. The summed E-state index contributed by atoms with van der Waals surface area (Å²) in [4.78, 5) is 27.5. The quantitative estimate of drug-likeness (QED) is 0.352. The monoisotopic (exact) mass is 439 g/mol. The molecule has 1 unspecified atom stereocenters. The second-order valence-corrected chi connectivity index (χ2v) is 8.46. The van der Waals surface area contributed by atoms with Gasteiger partial charge in [-0.1, -0.05) is 39.3 Å². The van der Waals surface area contributed by atoms with Crippen molar-refractivity contribution in [1.82, 2.24) is 4.90 Å². The Labute approximate surface area is 188 Å². The van der Waals surface area contributed by atoms with Crippen LogP contribution in [0.3, 0.4) is 0 Å². The molecule has 1 fully saturated rings. The predicted octanol–water partition coefficient (Wildman–Crippen LogP) is 5.49. The maximum absolute atomic E-state index is 13.6. The molecule has 1 aliphatic rings. The number of halogens is 1. The molecular formula is C26H30FNO4. The molecule has 5 nitrogen and oxygen atoms in total. The number of aliphatic hydroxyl groups is 1. The van der Waals surface area contributed by atoms with Crippen LogP contribution in [0.25, 0.3) is 5.76 Å². The highest BCUT2D eigenvalue weighted by atomic mass is 19.1. The van der Waals surface area contributed by atoms with E-state index in [0.29, 0.717) is 29.8 Å². The van der Waals surface area contributed by atoms with Crippen LogP contribution < -0.4 is 4.74 Å². The summed E-state index contributed by atoms with van der Waals surface area (Å²) < 4.78 is 19.1. The molecule has 1 amide bonds. The number of unbranched alkanes of at least 4 members (excludes halogenated alkanes) is 1. The number of ketones is 1. The lowest BCUT2D eigenvalue weighted by molar-refractivity contribution is -0.139. The summed E-state index contributed by atoms with van der Waals surface area (Å²) in [5, 5.41) is 11.4. The fourth-order valence-corrected chi connectivity index (χ4v) is 4.16. The Morgan fingerprint density at radius 2 is 1.84 bits per heavy atom. The minimum atomic E-state index is -0.772. The van der Waals surface area contributed by atoms with Crippen LogP contribution in [0, 0.1) is 12.7 Å². The fraction of sp³-hybridized carbons (Fsp3) is 0.385. The Hall–Kier alpha value is -3.15. The lowest BCUT2D eigenvalue weighted by Crippen LogP contribution is -2.30. The zero-order valence-electron chi connectivity index (χ0n) is 19.2. The van der Waals surface area contributed by atoms with E-state index < -0.39 is 23.5 Å². The van der Waals surface area contributed by atoms with E-state index in [4.69, 9.17) is 4.74 Å². The highest BCUT2D eigenvalue weighted by Crippen LogP contribution is 2.41. The number of nitrogens with zero attached hydrogens (tertiary/aromatic N) is 1. The third-order valence-corrected chi connectivity index (χ3v) is 5.93. The lowest BCUT2D eigenvalue weighted by Gasteiger charge is -2.25. The minimum absolute atomic E-state index is 0.0284. The molecule has 0 radical (unpaired) electrons. The number of aliphatic hydroxyl groups excluding tert-OH is 1. The number of hydrogen-bond acceptors (Lipinski definition) is 4. The number of carbonyl (C=O) groups is 2. The van der Waals surface area contributed by atoms with Crippen molar-refractivity contribution in [1.29, 1.82) is 0 Å². The van der Waals surface area contributed by atoms with Gasteiger partial charge in [0.25, 0.3) is 11.7 Å². The van der Waals surface area contributed by atoms with E-state index >= 15 is 0 Å². The van der Waals surface area contributed by atoms with Crippen LogP contribution in [0.15, 0.2) is 42.0 Å². The number of Topliss-reactive ketones (excluding diaryl/α,β-unsaturated/α-hetero) is 1. The Morgan fingerprint density at radius 1 is 1.19 bits per heavy atom. The van der Waals surface area contributed by atoms with Gasteiger partial charge in [-0.3, -0.25) is 9.59 Å². The van der Waals surface area contributed by atoms with Crippen LogP contribution in [-0.2, 0) is 9.59 Å². The van der Waals surface area contributed by atoms with Crippen molar-refractivity contribution in [3.63, 3.8) is 0 Å². The van der Waals surface area contributed by atoms with Crippen molar-refractivity contribution in [2.45, 2.75) is 52.5 Å². The molecule has 0 aromatic heterocycles. The molecule has 0 bridgehead atoms. The van der Waals surface area contributed by atoms with Gasteiger partial charge in [0, 0.05) is 12.1 Å². The number of hydrogen-bond donors (Lipinski definition) is 1. The van der Waals surface area contributed by atoms with Gasteiger partial charge in [-0.25, -0.2) is 4.39 Å². The summed E-state index contributed by atoms with van der Waals surface area (Å²) in [7, 11) is 1.59. The summed E-state index contributed by atoms with van der Waals surface area (Å²) in [5.41, 5.74) is 2.70. The lowest BCUT2D eigenvalue weighted by atomic mass is 9.91. The molecule has 32 heavy (non-hydrogen) atoms. The second kappa shape index (κ2) is 9.55. The third kappa shape index (κ3) is 4.27. The van der Waals surface area contributed by atoms with Crippen molar-refractivity contribution < 1.29 is 23.8 Å². The third-order valence-electron chi connectivity index (χ3n) is 5.93. The average molecular weight is 440 g/mol. The van der Waals surface area contributed by atoms with Crippen molar-refractivity contribution in [2.75, 3.05) is 13.7 Å². The molecule has 0 saturated carbocycles. The normalized spacial score (nSPS) is 18.0. The van der Waals surface area contributed by atoms with Gasteiger partial charge in [0.2, 0.25) is 0 Å². The fourth-order valence-electron chi connectivity index (χ4n) is 4.16. The number of amides is 1. The number of carbonyl (C=O) groups excluding carboxylic acids is 2. The SMILES string of the molecule is CCCCN1C(=O)C(=O)/C(=C(/O)c2cc(C(C)C)c(OC)cc2C)C1c1ccc(F)cc1. The van der Waals surface area contributed by atoms with Gasteiger partial charge in [-0.15, -0.1) is 0 Å². The molecule has 1 heterocycles. The Bertz CT molecular complexity index is 1060. The summed E-state index contributed by atoms with van der Waals surface area (Å²) in [6.07, 6.45) is 1.55. The standard InChI is InChI=1S/C26H30FNO4/c1-6-7-12-28-23(17-8-10-18(27)11-9-17)22(25(30)26(28)31)24(29)20-14-19(15(2)3)21(32-5)13-16(20)4/h8-11,13-15,23,29H,6-7,12H2,1-5H3/b24-22+. The Kier molecular flexibility index (Phi) is 7.02. The van der Waals surface area contributed by atoms with Gasteiger partial charge in [0.1, 0.15) is 17.3 Å². The van der Waals surface area contributed by atoms with Crippen LogP contribution in [0.5, 0.6) is 5.75 Å². The van der Waals surface area contributed by atoms with Crippen molar-refractivity contribution in [2.24, 2.45) is 0 Å². The van der Waals surface area contributed by atoms with Gasteiger partial charge in [-0.05, 0) is 60.2 Å². The molecule has 2 aromatic rings. The Balaban J connectivity index is 2.24. The molecule has 1 atom stereocenters. The minimum Gasteiger partial charge on any atom is -0.507 e. The van der Waals surface area contributed by atoms with Gasteiger partial charge in [0.15, 0.2) is 0 Å². The van der Waals surface area contributed by atoms with E-state index in [-0.39, 0.29) is 17.3 Å². The van der Waals surface area contributed by atoms with E-state index in [1.54, 1.807) is 19.2 Å². The van der Waals surface area contributed by atoms with E-state index in [1.807, 2.05) is 39.8 Å². The van der Waals surface area contributed by atoms with Crippen LogP contribution in [0.1, 0.15) is 67.8 Å². The maximum Gasteiger partial charge on any atom is 0.295 e. The van der Waals surface area contributed by atoms with Gasteiger partial charge < -0.3 is 14.7 Å². The van der Waals surface area contributed by atoms with E-state index in [0.717, 1.165) is 17.5 Å². The zero-order valence-corrected chi connectivity index (χ0v) is 19.2. The molecule has 1 N–H and O–H groups in total. The molecule has 3 rings (SSSR count). The molecule has 0 aliphatic carbocycles. The van der Waals surface area contributed by atoms with Crippen molar-refractivity contribution in [3.8, 4) is 5.75 Å². The number of likely N-dealkylation sites (tertiary alicyclic amines) is 1. The smallest absolute Gasteiger partial charge is 0.295 e. The van der Waals surface area contributed by atoms with Gasteiger partial charge in [-0.2, -0.15) is 0 Å². The summed E-state index contributed by atoms with van der Waals surface area (Å²) in [5.74, 6) is -1.19. The highest BCUT2D eigenvalue weighted by molar-refractivity contribution is 6.46. The largest absolute Gasteiger partial charge is 0.507 e. The summed E-state index contributed by atoms with van der Waals surface area (Å²) in [6, 6.07) is 8.57. The first kappa shape index (κ1) is 23.5. The first-order valence-electron chi connectivity index (χ1n) is 10.9. The summed E-state index contributed by atoms with van der Waals surface area (Å²) >= 11 is 0. The number of methoxy groups -OCH3 is 1. The van der Waals surface area contributed by atoms with E-state index in [2.05, 4.69) is 0 Å². The van der Waals surface area contributed by atoms with E-state index in [9.17, 15) is 19.1 Å². The van der Waals surface area contributed by atoms with Crippen molar-refractivity contribution >= 4 is 17.4 Å². The molecule has 170 valence electrons. The molecule has 6 heteroatoms. The zero-order chi connectivity index (χ0) is 23.6. The number of benzene rings is 2. The number of ether oxygens (including phenoxy) is 1.